The number of thioether (sulfide) groups is 1. The summed E-state index contributed by atoms with van der Waals surface area (Å²) in [5, 5.41) is 16.2. The molecule has 11 nitrogen and oxygen atoms in total. The Kier molecular flexibility index (Phi) is 11.9. The lowest BCUT2D eigenvalue weighted by molar-refractivity contribution is -0.143. The zero-order valence-corrected chi connectivity index (χ0v) is 17.9. The number of hydrogen-bond acceptors (Lipinski definition) is 7. The van der Waals surface area contributed by atoms with Crippen molar-refractivity contribution in [3.05, 3.63) is 0 Å². The van der Waals surface area contributed by atoms with Gasteiger partial charge in [0.2, 0.25) is 23.6 Å². The molecule has 0 aliphatic carbocycles. The van der Waals surface area contributed by atoms with Crippen LogP contribution in [-0.2, 0) is 24.0 Å². The molecule has 0 heterocycles. The van der Waals surface area contributed by atoms with Crippen LogP contribution in [0.2, 0.25) is 0 Å². The van der Waals surface area contributed by atoms with Crippen LogP contribution in [0, 0.1) is 5.92 Å². The lowest BCUT2D eigenvalue weighted by atomic mass is 10.0. The van der Waals surface area contributed by atoms with Gasteiger partial charge in [0.25, 0.3) is 0 Å². The van der Waals surface area contributed by atoms with E-state index >= 15 is 0 Å². The minimum Gasteiger partial charge on any atom is -0.480 e. The van der Waals surface area contributed by atoms with E-state index in [4.69, 9.17) is 16.6 Å². The molecule has 12 heteroatoms. The molecule has 8 N–H and O–H groups in total. The second-order valence-corrected chi connectivity index (χ2v) is 7.90. The Morgan fingerprint density at radius 3 is 1.93 bits per heavy atom. The highest BCUT2D eigenvalue weighted by Gasteiger charge is 2.29. The first-order valence-corrected chi connectivity index (χ1v) is 10.5. The van der Waals surface area contributed by atoms with Gasteiger partial charge >= 0.3 is 5.97 Å². The lowest BCUT2D eigenvalue weighted by Crippen LogP contribution is -2.57. The van der Waals surface area contributed by atoms with Gasteiger partial charge in [-0.3, -0.25) is 19.2 Å². The maximum Gasteiger partial charge on any atom is 0.326 e. The molecule has 0 spiro atoms. The van der Waals surface area contributed by atoms with E-state index in [9.17, 15) is 24.0 Å². The minimum absolute atomic E-state index is 0.123. The molecule has 0 aliphatic heterocycles. The quantitative estimate of drug-likeness (QED) is 0.195. The molecule has 0 rings (SSSR count). The van der Waals surface area contributed by atoms with Crippen molar-refractivity contribution in [1.82, 2.24) is 16.0 Å². The summed E-state index contributed by atoms with van der Waals surface area (Å²) < 4.78 is 0. The van der Waals surface area contributed by atoms with Crippen molar-refractivity contribution in [2.75, 3.05) is 12.0 Å². The molecule has 0 saturated carbocycles. The van der Waals surface area contributed by atoms with E-state index in [0.29, 0.717) is 12.2 Å². The first-order valence-electron chi connectivity index (χ1n) is 9.07. The van der Waals surface area contributed by atoms with Gasteiger partial charge in [0.1, 0.15) is 18.1 Å². The van der Waals surface area contributed by atoms with Crippen LogP contribution in [0.15, 0.2) is 0 Å². The zero-order chi connectivity index (χ0) is 22.7. The smallest absolute Gasteiger partial charge is 0.326 e. The maximum absolute atomic E-state index is 12.5. The molecule has 0 aromatic heterocycles. The van der Waals surface area contributed by atoms with Gasteiger partial charge in [-0.05, 0) is 31.3 Å². The van der Waals surface area contributed by atoms with Crippen molar-refractivity contribution in [2.45, 2.75) is 57.8 Å². The van der Waals surface area contributed by atoms with Crippen LogP contribution in [-0.4, -0.2) is 70.9 Å². The van der Waals surface area contributed by atoms with Crippen LogP contribution in [0.4, 0.5) is 0 Å². The van der Waals surface area contributed by atoms with Crippen LogP contribution in [0.1, 0.15) is 33.6 Å². The van der Waals surface area contributed by atoms with Crippen molar-refractivity contribution < 1.29 is 29.1 Å². The van der Waals surface area contributed by atoms with Crippen LogP contribution < -0.4 is 27.4 Å². The number of carboxylic acids is 1. The van der Waals surface area contributed by atoms with E-state index in [1.54, 1.807) is 13.8 Å². The Labute approximate surface area is 174 Å². The van der Waals surface area contributed by atoms with E-state index in [0.717, 1.165) is 0 Å². The highest BCUT2D eigenvalue weighted by atomic mass is 32.2. The second-order valence-electron chi connectivity index (χ2n) is 6.91. The average molecular weight is 434 g/mol. The molecule has 0 fully saturated rings. The minimum atomic E-state index is -1.50. The van der Waals surface area contributed by atoms with Gasteiger partial charge in [0, 0.05) is 0 Å². The molecule has 0 bridgehead atoms. The Balaban J connectivity index is 5.03. The van der Waals surface area contributed by atoms with Crippen molar-refractivity contribution >= 4 is 41.4 Å². The summed E-state index contributed by atoms with van der Waals surface area (Å²) in [5.74, 6) is -3.75. The summed E-state index contributed by atoms with van der Waals surface area (Å²) in [6.07, 6.45) is 1.58. The molecule has 0 aliphatic rings. The molecule has 0 saturated heterocycles. The van der Waals surface area contributed by atoms with Gasteiger partial charge < -0.3 is 32.5 Å². The number of hydrogen-bond donors (Lipinski definition) is 6. The summed E-state index contributed by atoms with van der Waals surface area (Å²) in [6.45, 7) is 4.90. The standard InChI is InChI=1S/C17H31N5O6S/c1-8(2)13(19)16(26)21-10(5-6-29-4)15(25)20-9(3)14(24)22-11(17(27)28)7-12(18)23/h8-11,13H,5-7,19H2,1-4H3,(H2,18,23)(H,20,25)(H,21,26)(H,22,24)(H,27,28). The van der Waals surface area contributed by atoms with Crippen molar-refractivity contribution in [1.29, 1.82) is 0 Å². The molecular weight excluding hydrogens is 402 g/mol. The van der Waals surface area contributed by atoms with Crippen LogP contribution in [0.25, 0.3) is 0 Å². The Hall–Kier alpha value is -2.34. The Morgan fingerprint density at radius 1 is 0.931 bits per heavy atom. The fourth-order valence-corrected chi connectivity index (χ4v) is 2.62. The number of amides is 4. The lowest BCUT2D eigenvalue weighted by Gasteiger charge is -2.24. The van der Waals surface area contributed by atoms with E-state index in [-0.39, 0.29) is 5.92 Å². The molecular formula is C17H31N5O6S. The molecule has 0 aromatic carbocycles. The summed E-state index contributed by atoms with van der Waals surface area (Å²) in [7, 11) is 0. The molecule has 4 unspecified atom stereocenters. The van der Waals surface area contributed by atoms with Crippen LogP contribution in [0.3, 0.4) is 0 Å². The number of aliphatic carboxylic acids is 1. The van der Waals surface area contributed by atoms with Crippen LogP contribution >= 0.6 is 11.8 Å². The molecule has 29 heavy (non-hydrogen) atoms. The van der Waals surface area contributed by atoms with E-state index < -0.39 is 60.2 Å². The first kappa shape index (κ1) is 26.7. The highest BCUT2D eigenvalue weighted by Crippen LogP contribution is 2.05. The SMILES string of the molecule is CSCCC(NC(=O)C(N)C(C)C)C(=O)NC(C)C(=O)NC(CC(N)=O)C(=O)O. The van der Waals surface area contributed by atoms with Crippen LogP contribution in [0.5, 0.6) is 0 Å². The maximum atomic E-state index is 12.5. The highest BCUT2D eigenvalue weighted by molar-refractivity contribution is 7.98. The average Bonchev–Trinajstić information content (AvgIpc) is 2.62. The first-order chi connectivity index (χ1) is 13.4. The largest absolute Gasteiger partial charge is 0.480 e. The topological polar surface area (TPSA) is 194 Å². The Bertz CT molecular complexity index is 615. The Morgan fingerprint density at radius 2 is 1.48 bits per heavy atom. The number of carbonyl (C=O) groups is 5. The third-order valence-corrected chi connectivity index (χ3v) is 4.68. The van der Waals surface area contributed by atoms with E-state index in [1.807, 2.05) is 6.26 Å². The van der Waals surface area contributed by atoms with Crippen molar-refractivity contribution in [2.24, 2.45) is 17.4 Å². The van der Waals surface area contributed by atoms with E-state index in [2.05, 4.69) is 16.0 Å². The van der Waals surface area contributed by atoms with Crippen molar-refractivity contribution in [3.8, 4) is 0 Å². The molecule has 4 amide bonds. The predicted octanol–water partition coefficient (Wildman–Crippen LogP) is -1.84. The molecule has 0 radical (unpaired) electrons. The summed E-state index contributed by atoms with van der Waals surface area (Å²) in [4.78, 5) is 58.9. The normalized spacial score (nSPS) is 15.0. The van der Waals surface area contributed by atoms with Crippen molar-refractivity contribution in [3.63, 3.8) is 0 Å². The number of primary amides is 1. The number of nitrogens with one attached hydrogen (secondary N) is 3. The fraction of sp³-hybridized carbons (Fsp3) is 0.706. The predicted molar refractivity (Wildman–Crippen MR) is 109 cm³/mol. The second kappa shape index (κ2) is 13.0. The molecule has 0 aromatic rings. The molecule has 166 valence electrons. The third-order valence-electron chi connectivity index (χ3n) is 4.04. The van der Waals surface area contributed by atoms with Gasteiger partial charge in [-0.15, -0.1) is 0 Å². The summed E-state index contributed by atoms with van der Waals surface area (Å²) >= 11 is 1.48. The number of carbonyl (C=O) groups excluding carboxylic acids is 4. The van der Waals surface area contributed by atoms with Gasteiger partial charge in [-0.1, -0.05) is 13.8 Å². The number of rotatable bonds is 13. The zero-order valence-electron chi connectivity index (χ0n) is 17.1. The van der Waals surface area contributed by atoms with E-state index in [1.165, 1.54) is 18.7 Å². The summed E-state index contributed by atoms with van der Waals surface area (Å²) in [6, 6.07) is -4.30. The monoisotopic (exact) mass is 433 g/mol. The van der Waals surface area contributed by atoms with Gasteiger partial charge in [0.15, 0.2) is 0 Å². The summed E-state index contributed by atoms with van der Waals surface area (Å²) in [5.41, 5.74) is 10.8. The van der Waals surface area contributed by atoms with Gasteiger partial charge in [-0.2, -0.15) is 11.8 Å². The van der Waals surface area contributed by atoms with Gasteiger partial charge in [-0.25, -0.2) is 4.79 Å². The molecule has 4 atom stereocenters. The third kappa shape index (κ3) is 10.1. The van der Waals surface area contributed by atoms with Gasteiger partial charge in [0.05, 0.1) is 12.5 Å². The number of nitrogens with two attached hydrogens (primary N) is 2. The number of carboxylic acid groups (broad SMARTS) is 1. The fourth-order valence-electron chi connectivity index (χ4n) is 2.15.